The summed E-state index contributed by atoms with van der Waals surface area (Å²) in [4.78, 5) is 11.8. The molecule has 0 saturated heterocycles. The predicted molar refractivity (Wildman–Crippen MR) is 89.1 cm³/mol. The maximum atomic E-state index is 11.1. The number of carbonyl (C=O) groups is 1. The average Bonchev–Trinajstić information content (AvgIpc) is 2.53. The summed E-state index contributed by atoms with van der Waals surface area (Å²) in [6.07, 6.45) is 0.999. The normalized spacial score (nSPS) is 11.9. The maximum absolute atomic E-state index is 11.1. The monoisotopic (exact) mass is 298 g/mol. The molecule has 0 amide bonds. The number of rotatable bonds is 5. The Bertz CT molecular complexity index is 659. The first-order valence-electron chi connectivity index (χ1n) is 6.99. The Hall–Kier alpha value is -2.00. The van der Waals surface area contributed by atoms with E-state index in [1.165, 1.54) is 5.56 Å². The van der Waals surface area contributed by atoms with Gasteiger partial charge in [0.15, 0.2) is 0 Å². The third-order valence-electron chi connectivity index (χ3n) is 3.64. The average molecular weight is 298 g/mol. The molecule has 0 bridgehead atoms. The molecule has 0 aromatic heterocycles. The van der Waals surface area contributed by atoms with Crippen molar-refractivity contribution in [3.05, 3.63) is 70.8 Å². The molecular weight excluding hydrogens is 280 g/mol. The fourth-order valence-corrected chi connectivity index (χ4v) is 2.41. The number of benzene rings is 2. The van der Waals surface area contributed by atoms with Crippen LogP contribution in [0.25, 0.3) is 0 Å². The molecule has 1 unspecified atom stereocenters. The van der Waals surface area contributed by atoms with Crippen LogP contribution in [-0.4, -0.2) is 15.9 Å². The number of hydrogen-bond donors (Lipinski definition) is 1. The van der Waals surface area contributed by atoms with E-state index in [2.05, 4.69) is 19.1 Å². The topological polar surface area (TPSA) is 37.3 Å². The van der Waals surface area contributed by atoms with E-state index in [-0.39, 0.29) is 0 Å². The lowest BCUT2D eigenvalue weighted by Crippen LogP contribution is -2.08. The van der Waals surface area contributed by atoms with Crippen molar-refractivity contribution in [3.8, 4) is 0 Å². The minimum absolute atomic E-state index is 0.532. The fourth-order valence-electron chi connectivity index (χ4n) is 2.15. The molecular formula is C18H18O2S. The van der Waals surface area contributed by atoms with Crippen LogP contribution in [0.1, 0.15) is 42.0 Å². The zero-order valence-electron chi connectivity index (χ0n) is 12.2. The van der Waals surface area contributed by atoms with Crippen molar-refractivity contribution in [1.82, 2.24) is 0 Å². The summed E-state index contributed by atoms with van der Waals surface area (Å²) in [5.74, 6) is -1.36. The summed E-state index contributed by atoms with van der Waals surface area (Å²) < 4.78 is 0. The van der Waals surface area contributed by atoms with E-state index in [9.17, 15) is 4.79 Å². The first-order valence-corrected chi connectivity index (χ1v) is 7.40. The highest BCUT2D eigenvalue weighted by atomic mass is 32.1. The standard InChI is InChI=1S/C18H18O2S/c1-3-13-7-9-14(10-8-13)17(21)16-6-4-5-15(11-16)12(2)18(19)20/h4-12H,3H2,1-2H3,(H,19,20). The summed E-state index contributed by atoms with van der Waals surface area (Å²) in [6, 6.07) is 15.7. The van der Waals surface area contributed by atoms with Gasteiger partial charge in [-0.05, 0) is 41.7 Å². The van der Waals surface area contributed by atoms with Gasteiger partial charge in [-0.2, -0.15) is 0 Å². The second-order valence-corrected chi connectivity index (χ2v) is 5.47. The SMILES string of the molecule is CCc1ccc(C(=S)c2cccc(C(C)C(=O)O)c2)cc1. The van der Waals surface area contributed by atoms with E-state index in [1.54, 1.807) is 6.92 Å². The van der Waals surface area contributed by atoms with Gasteiger partial charge in [0.2, 0.25) is 0 Å². The lowest BCUT2D eigenvalue weighted by atomic mass is 9.96. The molecule has 0 heterocycles. The lowest BCUT2D eigenvalue weighted by Gasteiger charge is -2.10. The van der Waals surface area contributed by atoms with Crippen molar-refractivity contribution < 1.29 is 9.90 Å². The van der Waals surface area contributed by atoms with Crippen molar-refractivity contribution in [3.63, 3.8) is 0 Å². The van der Waals surface area contributed by atoms with Crippen LogP contribution in [0.3, 0.4) is 0 Å². The lowest BCUT2D eigenvalue weighted by molar-refractivity contribution is -0.138. The molecule has 2 aromatic carbocycles. The highest BCUT2D eigenvalue weighted by Crippen LogP contribution is 2.19. The summed E-state index contributed by atoms with van der Waals surface area (Å²) in [5.41, 5.74) is 3.92. The van der Waals surface area contributed by atoms with Crippen LogP contribution in [0.15, 0.2) is 48.5 Å². The minimum atomic E-state index is -0.828. The zero-order valence-corrected chi connectivity index (χ0v) is 13.0. The summed E-state index contributed by atoms with van der Waals surface area (Å²) in [5, 5.41) is 9.11. The molecule has 0 saturated carbocycles. The number of hydrogen-bond acceptors (Lipinski definition) is 2. The predicted octanol–water partition coefficient (Wildman–Crippen LogP) is 4.20. The molecule has 21 heavy (non-hydrogen) atoms. The van der Waals surface area contributed by atoms with Gasteiger partial charge in [0.1, 0.15) is 0 Å². The number of carboxylic acid groups (broad SMARTS) is 1. The summed E-state index contributed by atoms with van der Waals surface area (Å²) in [7, 11) is 0. The fraction of sp³-hybridized carbons (Fsp3) is 0.222. The third kappa shape index (κ3) is 3.56. The van der Waals surface area contributed by atoms with Crippen LogP contribution in [0, 0.1) is 0 Å². The number of thiocarbonyl (C=S) groups is 1. The van der Waals surface area contributed by atoms with Crippen LogP contribution < -0.4 is 0 Å². The Morgan fingerprint density at radius 2 is 1.81 bits per heavy atom. The molecule has 0 fully saturated rings. The van der Waals surface area contributed by atoms with Crippen LogP contribution in [0.4, 0.5) is 0 Å². The Morgan fingerprint density at radius 3 is 2.38 bits per heavy atom. The van der Waals surface area contributed by atoms with Crippen molar-refractivity contribution >= 4 is 23.1 Å². The molecule has 0 radical (unpaired) electrons. The van der Waals surface area contributed by atoms with Gasteiger partial charge in [-0.3, -0.25) is 4.79 Å². The van der Waals surface area contributed by atoms with Gasteiger partial charge in [-0.25, -0.2) is 0 Å². The quantitative estimate of drug-likeness (QED) is 0.664. The second-order valence-electron chi connectivity index (χ2n) is 5.06. The van der Waals surface area contributed by atoms with E-state index in [1.807, 2.05) is 36.4 Å². The highest BCUT2D eigenvalue weighted by molar-refractivity contribution is 7.81. The van der Waals surface area contributed by atoms with E-state index in [4.69, 9.17) is 17.3 Å². The Balaban J connectivity index is 2.30. The maximum Gasteiger partial charge on any atom is 0.310 e. The molecule has 2 rings (SSSR count). The van der Waals surface area contributed by atoms with Gasteiger partial charge in [0.05, 0.1) is 10.8 Å². The van der Waals surface area contributed by atoms with Gasteiger partial charge >= 0.3 is 5.97 Å². The van der Waals surface area contributed by atoms with Crippen LogP contribution >= 0.6 is 12.2 Å². The van der Waals surface area contributed by atoms with Crippen LogP contribution in [0.2, 0.25) is 0 Å². The second kappa shape index (κ2) is 6.64. The number of aryl methyl sites for hydroxylation is 1. The molecule has 2 nitrogen and oxygen atoms in total. The molecule has 2 aromatic rings. The minimum Gasteiger partial charge on any atom is -0.481 e. The zero-order chi connectivity index (χ0) is 15.4. The first kappa shape index (κ1) is 15.4. The third-order valence-corrected chi connectivity index (χ3v) is 4.12. The number of aliphatic carboxylic acids is 1. The molecule has 0 aliphatic heterocycles. The molecule has 0 spiro atoms. The molecule has 1 N–H and O–H groups in total. The van der Waals surface area contributed by atoms with Gasteiger partial charge < -0.3 is 5.11 Å². The molecule has 3 heteroatoms. The van der Waals surface area contributed by atoms with Crippen molar-refractivity contribution in [2.75, 3.05) is 0 Å². The summed E-state index contributed by atoms with van der Waals surface area (Å²) in [6.45, 7) is 3.80. The first-order chi connectivity index (χ1) is 10.0. The Morgan fingerprint density at radius 1 is 1.14 bits per heavy atom. The largest absolute Gasteiger partial charge is 0.481 e. The molecule has 0 aliphatic carbocycles. The van der Waals surface area contributed by atoms with E-state index in [0.29, 0.717) is 0 Å². The smallest absolute Gasteiger partial charge is 0.310 e. The van der Waals surface area contributed by atoms with E-state index < -0.39 is 11.9 Å². The van der Waals surface area contributed by atoms with Gasteiger partial charge in [-0.1, -0.05) is 61.6 Å². The van der Waals surface area contributed by atoms with Gasteiger partial charge in [0, 0.05) is 0 Å². The molecule has 1 atom stereocenters. The van der Waals surface area contributed by atoms with Crippen LogP contribution in [-0.2, 0) is 11.2 Å². The highest BCUT2D eigenvalue weighted by Gasteiger charge is 2.14. The Kier molecular flexibility index (Phi) is 4.86. The molecule has 108 valence electrons. The summed E-state index contributed by atoms with van der Waals surface area (Å²) >= 11 is 5.53. The molecule has 0 aliphatic rings. The van der Waals surface area contributed by atoms with Gasteiger partial charge in [-0.15, -0.1) is 0 Å². The van der Waals surface area contributed by atoms with Crippen molar-refractivity contribution in [2.24, 2.45) is 0 Å². The van der Waals surface area contributed by atoms with Crippen LogP contribution in [0.5, 0.6) is 0 Å². The van der Waals surface area contributed by atoms with E-state index in [0.717, 1.165) is 28.0 Å². The van der Waals surface area contributed by atoms with Gasteiger partial charge in [0.25, 0.3) is 0 Å². The van der Waals surface area contributed by atoms with E-state index >= 15 is 0 Å². The van der Waals surface area contributed by atoms with Crippen molar-refractivity contribution in [1.29, 1.82) is 0 Å². The number of carboxylic acids is 1. The van der Waals surface area contributed by atoms with Crippen molar-refractivity contribution in [2.45, 2.75) is 26.2 Å². The Labute approximate surface area is 130 Å².